The topological polar surface area (TPSA) is 64.6 Å². The average molecular weight is 351 g/mol. The lowest BCUT2D eigenvalue weighted by molar-refractivity contribution is -0.140. The van der Waals surface area contributed by atoms with Gasteiger partial charge in [-0.15, -0.1) is 0 Å². The highest BCUT2D eigenvalue weighted by atomic mass is 79.9. The van der Waals surface area contributed by atoms with Crippen molar-refractivity contribution in [2.45, 2.75) is 6.42 Å². The van der Waals surface area contributed by atoms with Crippen molar-refractivity contribution >= 4 is 39.4 Å². The maximum atomic E-state index is 11.4. The predicted octanol–water partition coefficient (Wildman–Crippen LogP) is 2.16. The van der Waals surface area contributed by atoms with E-state index in [1.54, 1.807) is 18.2 Å². The van der Waals surface area contributed by atoms with Gasteiger partial charge in [0.1, 0.15) is 5.75 Å². The summed E-state index contributed by atoms with van der Waals surface area (Å²) in [5.41, 5.74) is 0. The summed E-state index contributed by atoms with van der Waals surface area (Å²) in [5, 5.41) is 2.95. The molecule has 19 heavy (non-hydrogen) atoms. The summed E-state index contributed by atoms with van der Waals surface area (Å²) >= 11 is 9.20. The Kier molecular flexibility index (Phi) is 6.66. The Labute approximate surface area is 124 Å². The number of methoxy groups -OCH3 is 1. The summed E-state index contributed by atoms with van der Waals surface area (Å²) in [7, 11) is 1.29. The van der Waals surface area contributed by atoms with Gasteiger partial charge in [0.2, 0.25) is 0 Å². The molecule has 104 valence electrons. The number of hydrogen-bond donors (Lipinski definition) is 1. The highest BCUT2D eigenvalue weighted by Crippen LogP contribution is 2.27. The molecule has 1 rings (SSSR count). The van der Waals surface area contributed by atoms with Gasteiger partial charge < -0.3 is 14.8 Å². The van der Waals surface area contributed by atoms with Crippen molar-refractivity contribution in [1.29, 1.82) is 0 Å². The van der Waals surface area contributed by atoms with Crippen LogP contribution in [0.2, 0.25) is 5.02 Å². The zero-order valence-electron chi connectivity index (χ0n) is 10.2. The second kappa shape index (κ2) is 8.01. The van der Waals surface area contributed by atoms with Crippen LogP contribution in [-0.4, -0.2) is 32.1 Å². The number of carbonyl (C=O) groups is 2. The molecule has 0 bridgehead atoms. The van der Waals surface area contributed by atoms with Gasteiger partial charge in [0.25, 0.3) is 5.91 Å². The van der Waals surface area contributed by atoms with Gasteiger partial charge in [-0.2, -0.15) is 0 Å². The lowest BCUT2D eigenvalue weighted by atomic mass is 10.3. The summed E-state index contributed by atoms with van der Waals surface area (Å²) in [5.74, 6) is -0.284. The van der Waals surface area contributed by atoms with E-state index in [1.165, 1.54) is 7.11 Å². The van der Waals surface area contributed by atoms with Crippen LogP contribution in [0.3, 0.4) is 0 Å². The molecule has 0 saturated heterocycles. The highest BCUT2D eigenvalue weighted by Gasteiger charge is 2.07. The normalized spacial score (nSPS) is 9.84. The molecule has 7 heteroatoms. The van der Waals surface area contributed by atoms with Crippen LogP contribution in [0, 0.1) is 0 Å². The van der Waals surface area contributed by atoms with E-state index in [9.17, 15) is 9.59 Å². The van der Waals surface area contributed by atoms with Crippen LogP contribution >= 0.6 is 27.5 Å². The first kappa shape index (κ1) is 15.8. The highest BCUT2D eigenvalue weighted by molar-refractivity contribution is 9.10. The SMILES string of the molecule is COC(=O)CCNC(=O)COc1ccc(Br)cc1Cl. The minimum absolute atomic E-state index is 0.126. The first-order valence-electron chi connectivity index (χ1n) is 5.44. The minimum atomic E-state index is -0.378. The fraction of sp³-hybridized carbons (Fsp3) is 0.333. The minimum Gasteiger partial charge on any atom is -0.482 e. The number of esters is 1. The molecule has 5 nitrogen and oxygen atoms in total. The van der Waals surface area contributed by atoms with Crippen molar-refractivity contribution in [3.63, 3.8) is 0 Å². The number of ether oxygens (including phenoxy) is 2. The van der Waals surface area contributed by atoms with Gasteiger partial charge >= 0.3 is 5.97 Å². The van der Waals surface area contributed by atoms with Crippen LogP contribution in [0.1, 0.15) is 6.42 Å². The molecule has 0 aliphatic rings. The second-order valence-electron chi connectivity index (χ2n) is 3.54. The van der Waals surface area contributed by atoms with Gasteiger partial charge in [0, 0.05) is 11.0 Å². The first-order chi connectivity index (χ1) is 9.02. The molecule has 0 radical (unpaired) electrons. The third kappa shape index (κ3) is 5.94. The molecule has 0 aromatic heterocycles. The van der Waals surface area contributed by atoms with Gasteiger partial charge in [0.05, 0.1) is 18.6 Å². The Balaban J connectivity index is 2.32. The monoisotopic (exact) mass is 349 g/mol. The van der Waals surface area contributed by atoms with Crippen molar-refractivity contribution in [3.8, 4) is 5.75 Å². The Bertz CT molecular complexity index is 467. The summed E-state index contributed by atoms with van der Waals surface area (Å²) in [6.45, 7) is 0.0471. The van der Waals surface area contributed by atoms with Crippen LogP contribution in [-0.2, 0) is 14.3 Å². The van der Waals surface area contributed by atoms with E-state index < -0.39 is 0 Å². The lowest BCUT2D eigenvalue weighted by Crippen LogP contribution is -2.30. The largest absolute Gasteiger partial charge is 0.482 e. The van der Waals surface area contributed by atoms with Crippen molar-refractivity contribution in [1.82, 2.24) is 5.32 Å². The van der Waals surface area contributed by atoms with Crippen molar-refractivity contribution in [2.24, 2.45) is 0 Å². The third-order valence-electron chi connectivity index (χ3n) is 2.13. The van der Waals surface area contributed by atoms with Crippen molar-refractivity contribution < 1.29 is 19.1 Å². The summed E-state index contributed by atoms with van der Waals surface area (Å²) < 4.78 is 10.5. The van der Waals surface area contributed by atoms with E-state index >= 15 is 0 Å². The Morgan fingerprint density at radius 1 is 1.42 bits per heavy atom. The summed E-state index contributed by atoms with van der Waals surface area (Å²) in [4.78, 5) is 22.2. The van der Waals surface area contributed by atoms with Gasteiger partial charge in [-0.1, -0.05) is 27.5 Å². The van der Waals surface area contributed by atoms with Crippen LogP contribution in [0.5, 0.6) is 5.75 Å². The number of rotatable bonds is 6. The average Bonchev–Trinajstić information content (AvgIpc) is 2.37. The molecular formula is C12H13BrClNO4. The van der Waals surface area contributed by atoms with E-state index in [1.807, 2.05) is 0 Å². The Morgan fingerprint density at radius 3 is 2.79 bits per heavy atom. The molecule has 1 aromatic rings. The molecule has 0 saturated carbocycles. The zero-order valence-corrected chi connectivity index (χ0v) is 12.6. The van der Waals surface area contributed by atoms with Crippen molar-refractivity contribution in [2.75, 3.05) is 20.3 Å². The van der Waals surface area contributed by atoms with Gasteiger partial charge in [0.15, 0.2) is 6.61 Å². The molecule has 0 fully saturated rings. The molecule has 0 spiro atoms. The van der Waals surface area contributed by atoms with Gasteiger partial charge in [-0.3, -0.25) is 9.59 Å². The molecule has 0 aliphatic carbocycles. The number of hydrogen-bond acceptors (Lipinski definition) is 4. The Hall–Kier alpha value is -1.27. The van der Waals surface area contributed by atoms with Crippen LogP contribution in [0.15, 0.2) is 22.7 Å². The van der Waals surface area contributed by atoms with E-state index in [-0.39, 0.29) is 31.4 Å². The van der Waals surface area contributed by atoms with E-state index in [0.717, 1.165) is 4.47 Å². The third-order valence-corrected chi connectivity index (χ3v) is 2.92. The number of benzene rings is 1. The number of nitrogens with one attached hydrogen (secondary N) is 1. The molecule has 0 heterocycles. The lowest BCUT2D eigenvalue weighted by Gasteiger charge is -2.08. The fourth-order valence-electron chi connectivity index (χ4n) is 1.19. The van der Waals surface area contributed by atoms with Crippen LogP contribution in [0.4, 0.5) is 0 Å². The van der Waals surface area contributed by atoms with E-state index in [0.29, 0.717) is 10.8 Å². The quantitative estimate of drug-likeness (QED) is 0.799. The molecular weight excluding hydrogens is 337 g/mol. The molecule has 1 aromatic carbocycles. The summed E-state index contributed by atoms with van der Waals surface area (Å²) in [6.07, 6.45) is 0.126. The van der Waals surface area contributed by atoms with Crippen LogP contribution < -0.4 is 10.1 Å². The number of halogens is 2. The van der Waals surface area contributed by atoms with Gasteiger partial charge in [-0.05, 0) is 18.2 Å². The number of carbonyl (C=O) groups excluding carboxylic acids is 2. The van der Waals surface area contributed by atoms with Crippen LogP contribution in [0.25, 0.3) is 0 Å². The second-order valence-corrected chi connectivity index (χ2v) is 4.86. The molecule has 0 unspecified atom stereocenters. The maximum Gasteiger partial charge on any atom is 0.307 e. The first-order valence-corrected chi connectivity index (χ1v) is 6.61. The molecule has 1 amide bonds. The smallest absolute Gasteiger partial charge is 0.307 e. The fourth-order valence-corrected chi connectivity index (χ4v) is 1.92. The predicted molar refractivity (Wildman–Crippen MR) is 74.3 cm³/mol. The maximum absolute atomic E-state index is 11.4. The van der Waals surface area contributed by atoms with Crippen molar-refractivity contribution in [3.05, 3.63) is 27.7 Å². The Morgan fingerprint density at radius 2 is 2.16 bits per heavy atom. The zero-order chi connectivity index (χ0) is 14.3. The molecule has 0 atom stereocenters. The number of amides is 1. The van der Waals surface area contributed by atoms with E-state index in [4.69, 9.17) is 16.3 Å². The van der Waals surface area contributed by atoms with E-state index in [2.05, 4.69) is 26.0 Å². The molecule has 1 N–H and O–H groups in total. The standard InChI is InChI=1S/C12H13BrClNO4/c1-18-12(17)4-5-15-11(16)7-19-10-3-2-8(13)6-9(10)14/h2-3,6H,4-5,7H2,1H3,(H,15,16). The summed E-state index contributed by atoms with van der Waals surface area (Å²) in [6, 6.07) is 5.09. The van der Waals surface area contributed by atoms with Gasteiger partial charge in [-0.25, -0.2) is 0 Å². The molecule has 0 aliphatic heterocycles.